The standard InChI is InChI=1S/C13H23N5O2/c1-4-7-13(8-5-2,11(14)17-20)12(19)15-10-6-9-18(3)16-10/h6,9,20H,4-5,7-8H2,1-3H3,(H2,14,17)(H,15,16,19). The highest BCUT2D eigenvalue weighted by atomic mass is 16.4. The molecule has 20 heavy (non-hydrogen) atoms. The lowest BCUT2D eigenvalue weighted by Gasteiger charge is -2.30. The van der Waals surface area contributed by atoms with Gasteiger partial charge in [0.05, 0.1) is 0 Å². The fourth-order valence-corrected chi connectivity index (χ4v) is 2.39. The summed E-state index contributed by atoms with van der Waals surface area (Å²) in [6.07, 6.45) is 4.29. The molecule has 0 saturated heterocycles. The van der Waals surface area contributed by atoms with E-state index in [1.54, 1.807) is 24.0 Å². The number of aromatic nitrogens is 2. The van der Waals surface area contributed by atoms with E-state index in [9.17, 15) is 4.79 Å². The van der Waals surface area contributed by atoms with E-state index in [0.717, 1.165) is 12.8 Å². The molecule has 0 saturated carbocycles. The molecule has 4 N–H and O–H groups in total. The van der Waals surface area contributed by atoms with E-state index in [-0.39, 0.29) is 11.7 Å². The number of nitrogens with one attached hydrogen (secondary N) is 1. The van der Waals surface area contributed by atoms with Crippen LogP contribution in [0.5, 0.6) is 0 Å². The van der Waals surface area contributed by atoms with Crippen molar-refractivity contribution in [3.8, 4) is 0 Å². The minimum absolute atomic E-state index is 0.0466. The van der Waals surface area contributed by atoms with E-state index in [2.05, 4.69) is 15.6 Å². The third kappa shape index (κ3) is 3.28. The van der Waals surface area contributed by atoms with Gasteiger partial charge in [-0.05, 0) is 12.8 Å². The molecule has 0 atom stereocenters. The van der Waals surface area contributed by atoms with Gasteiger partial charge in [0.15, 0.2) is 11.7 Å². The lowest BCUT2D eigenvalue weighted by molar-refractivity contribution is -0.123. The van der Waals surface area contributed by atoms with Gasteiger partial charge in [0.1, 0.15) is 5.41 Å². The van der Waals surface area contributed by atoms with Gasteiger partial charge >= 0.3 is 0 Å². The average Bonchev–Trinajstić information content (AvgIpc) is 2.82. The molecule has 0 aromatic carbocycles. The number of carbonyl (C=O) groups is 1. The van der Waals surface area contributed by atoms with Crippen LogP contribution < -0.4 is 11.1 Å². The lowest BCUT2D eigenvalue weighted by Crippen LogP contribution is -2.47. The molecule has 0 radical (unpaired) electrons. The maximum absolute atomic E-state index is 12.6. The van der Waals surface area contributed by atoms with Crippen molar-refractivity contribution < 1.29 is 10.0 Å². The Morgan fingerprint density at radius 1 is 1.50 bits per heavy atom. The number of aryl methyl sites for hydroxylation is 1. The first-order valence-corrected chi connectivity index (χ1v) is 6.79. The zero-order chi connectivity index (χ0) is 15.2. The summed E-state index contributed by atoms with van der Waals surface area (Å²) in [6, 6.07) is 1.70. The molecule has 0 aliphatic rings. The minimum Gasteiger partial charge on any atom is -0.409 e. The van der Waals surface area contributed by atoms with Gasteiger partial charge in [-0.15, -0.1) is 0 Å². The second kappa shape index (κ2) is 6.93. The first-order chi connectivity index (χ1) is 9.50. The van der Waals surface area contributed by atoms with Gasteiger partial charge < -0.3 is 16.3 Å². The lowest BCUT2D eigenvalue weighted by atomic mass is 9.77. The van der Waals surface area contributed by atoms with Crippen molar-refractivity contribution in [3.05, 3.63) is 12.3 Å². The molecule has 1 aromatic rings. The van der Waals surface area contributed by atoms with Crippen molar-refractivity contribution in [3.63, 3.8) is 0 Å². The number of amidine groups is 1. The molecule has 1 aromatic heterocycles. The number of nitrogens with zero attached hydrogens (tertiary/aromatic N) is 3. The number of hydrogen-bond donors (Lipinski definition) is 3. The molecule has 0 aliphatic carbocycles. The number of oxime groups is 1. The van der Waals surface area contributed by atoms with Crippen LogP contribution >= 0.6 is 0 Å². The van der Waals surface area contributed by atoms with Crippen molar-refractivity contribution in [1.82, 2.24) is 9.78 Å². The smallest absolute Gasteiger partial charge is 0.239 e. The Morgan fingerprint density at radius 3 is 2.50 bits per heavy atom. The normalized spacial score (nSPS) is 12.4. The monoisotopic (exact) mass is 281 g/mol. The van der Waals surface area contributed by atoms with Gasteiger partial charge in [-0.1, -0.05) is 31.8 Å². The molecule has 0 spiro atoms. The van der Waals surface area contributed by atoms with Crippen LogP contribution in [0, 0.1) is 5.41 Å². The van der Waals surface area contributed by atoms with Crippen LogP contribution in [0.1, 0.15) is 39.5 Å². The molecule has 7 nitrogen and oxygen atoms in total. The van der Waals surface area contributed by atoms with E-state index < -0.39 is 5.41 Å². The summed E-state index contributed by atoms with van der Waals surface area (Å²) >= 11 is 0. The quantitative estimate of drug-likeness (QED) is 0.306. The summed E-state index contributed by atoms with van der Waals surface area (Å²) in [6.45, 7) is 3.92. The number of anilines is 1. The van der Waals surface area contributed by atoms with Gasteiger partial charge in [-0.3, -0.25) is 9.48 Å². The molecular formula is C13H23N5O2. The second-order valence-corrected chi connectivity index (χ2v) is 4.90. The summed E-state index contributed by atoms with van der Waals surface area (Å²) in [7, 11) is 1.77. The predicted molar refractivity (Wildman–Crippen MR) is 77.5 cm³/mol. The third-order valence-corrected chi connectivity index (χ3v) is 3.34. The first-order valence-electron chi connectivity index (χ1n) is 6.79. The van der Waals surface area contributed by atoms with Crippen LogP contribution in [-0.2, 0) is 11.8 Å². The van der Waals surface area contributed by atoms with Crippen molar-refractivity contribution in [2.24, 2.45) is 23.4 Å². The molecular weight excluding hydrogens is 258 g/mol. The molecule has 0 fully saturated rings. The van der Waals surface area contributed by atoms with Crippen molar-refractivity contribution in [2.75, 3.05) is 5.32 Å². The Bertz CT molecular complexity index is 475. The molecule has 1 heterocycles. The molecule has 112 valence electrons. The molecule has 7 heteroatoms. The Labute approximate surface area is 118 Å². The Kier molecular flexibility index (Phi) is 5.54. The highest BCUT2D eigenvalue weighted by Gasteiger charge is 2.41. The number of amides is 1. The Morgan fingerprint density at radius 2 is 2.10 bits per heavy atom. The van der Waals surface area contributed by atoms with E-state index in [4.69, 9.17) is 10.9 Å². The number of rotatable bonds is 7. The van der Waals surface area contributed by atoms with Crippen LogP contribution in [0.4, 0.5) is 5.82 Å². The largest absolute Gasteiger partial charge is 0.409 e. The van der Waals surface area contributed by atoms with E-state index in [1.807, 2.05) is 13.8 Å². The van der Waals surface area contributed by atoms with Gasteiger partial charge in [0.25, 0.3) is 0 Å². The molecule has 0 bridgehead atoms. The summed E-state index contributed by atoms with van der Waals surface area (Å²) in [5, 5.41) is 18.9. The topological polar surface area (TPSA) is 106 Å². The zero-order valence-corrected chi connectivity index (χ0v) is 12.3. The third-order valence-electron chi connectivity index (χ3n) is 3.34. The maximum Gasteiger partial charge on any atom is 0.239 e. The maximum atomic E-state index is 12.6. The predicted octanol–water partition coefficient (Wildman–Crippen LogP) is 1.69. The molecule has 1 amide bonds. The SMILES string of the molecule is CCCC(CCC)(C(=O)Nc1ccn(C)n1)C(N)=NO. The second-order valence-electron chi connectivity index (χ2n) is 4.90. The van der Waals surface area contributed by atoms with Crippen LogP contribution in [0.3, 0.4) is 0 Å². The van der Waals surface area contributed by atoms with E-state index >= 15 is 0 Å². The zero-order valence-electron chi connectivity index (χ0n) is 12.3. The number of hydrogen-bond acceptors (Lipinski definition) is 4. The van der Waals surface area contributed by atoms with Crippen LogP contribution in [0.2, 0.25) is 0 Å². The van der Waals surface area contributed by atoms with Gasteiger partial charge in [-0.25, -0.2) is 0 Å². The van der Waals surface area contributed by atoms with Crippen LogP contribution in [0.25, 0.3) is 0 Å². The molecule has 0 aliphatic heterocycles. The van der Waals surface area contributed by atoms with Crippen LogP contribution in [0.15, 0.2) is 17.4 Å². The molecule has 0 unspecified atom stereocenters. The average molecular weight is 281 g/mol. The number of carbonyl (C=O) groups excluding carboxylic acids is 1. The summed E-state index contributed by atoms with van der Waals surface area (Å²) in [5.41, 5.74) is 4.81. The van der Waals surface area contributed by atoms with E-state index in [0.29, 0.717) is 18.7 Å². The fraction of sp³-hybridized carbons (Fsp3) is 0.615. The van der Waals surface area contributed by atoms with Crippen molar-refractivity contribution in [2.45, 2.75) is 39.5 Å². The number of nitrogens with two attached hydrogens (primary N) is 1. The van der Waals surface area contributed by atoms with Gasteiger partial charge in [0.2, 0.25) is 5.91 Å². The highest BCUT2D eigenvalue weighted by molar-refractivity contribution is 6.11. The summed E-state index contributed by atoms with van der Waals surface area (Å²) in [5.74, 6) is 0.129. The van der Waals surface area contributed by atoms with Crippen molar-refractivity contribution >= 4 is 17.6 Å². The first kappa shape index (κ1) is 16.0. The van der Waals surface area contributed by atoms with Gasteiger partial charge in [-0.2, -0.15) is 5.10 Å². The van der Waals surface area contributed by atoms with Gasteiger partial charge in [0, 0.05) is 19.3 Å². The summed E-state index contributed by atoms with van der Waals surface area (Å²) < 4.78 is 1.60. The molecule has 1 rings (SSSR count). The van der Waals surface area contributed by atoms with Crippen LogP contribution in [-0.4, -0.2) is 26.7 Å². The summed E-state index contributed by atoms with van der Waals surface area (Å²) in [4.78, 5) is 12.6. The highest BCUT2D eigenvalue weighted by Crippen LogP contribution is 2.32. The minimum atomic E-state index is -0.990. The van der Waals surface area contributed by atoms with E-state index in [1.165, 1.54) is 0 Å². The fourth-order valence-electron chi connectivity index (χ4n) is 2.39. The Balaban J connectivity index is 3.04. The van der Waals surface area contributed by atoms with Crippen molar-refractivity contribution in [1.29, 1.82) is 0 Å². The Hall–Kier alpha value is -2.05.